The number of ether oxygens (including phenoxy) is 3. The molecule has 1 aromatic carbocycles. The molecule has 2 N–H and O–H groups in total. The Hall–Kier alpha value is -2.13. The van der Waals surface area contributed by atoms with Crippen molar-refractivity contribution >= 4 is 24.2 Å². The van der Waals surface area contributed by atoms with Crippen LogP contribution in [0.15, 0.2) is 36.9 Å². The molecule has 9 heteroatoms. The molecule has 0 spiro atoms. The topological polar surface area (TPSA) is 94.3 Å². The number of piperidine rings is 1. The number of nitrogens with two attached hydrogens (primary N) is 1. The molecule has 3 atom stereocenters. The molecule has 0 bridgehead atoms. The highest BCUT2D eigenvalue weighted by molar-refractivity contribution is 5.90. The second kappa shape index (κ2) is 15.0. The van der Waals surface area contributed by atoms with Crippen molar-refractivity contribution in [2.75, 3.05) is 47.6 Å². The maximum atomic E-state index is 13.6. The van der Waals surface area contributed by atoms with E-state index in [0.717, 1.165) is 24.2 Å². The molecule has 8 nitrogen and oxygen atoms in total. The first-order valence-corrected chi connectivity index (χ1v) is 11.5. The molecule has 0 saturated carbocycles. The highest BCUT2D eigenvalue weighted by Gasteiger charge is 2.35. The molecule has 2 rings (SSSR count). The molecule has 0 aromatic heterocycles. The summed E-state index contributed by atoms with van der Waals surface area (Å²) in [6.45, 7) is 7.91. The Morgan fingerprint density at radius 1 is 1.24 bits per heavy atom. The molecular formula is C25H40ClN3O5. The predicted octanol–water partition coefficient (Wildman–Crippen LogP) is 2.29. The van der Waals surface area contributed by atoms with E-state index < -0.39 is 18.2 Å². The molecule has 1 saturated heterocycles. The summed E-state index contributed by atoms with van der Waals surface area (Å²) in [5.41, 5.74) is 7.06. The number of nitrogens with zero attached hydrogens (tertiary/aromatic N) is 2. The lowest BCUT2D eigenvalue weighted by atomic mass is 9.96. The van der Waals surface area contributed by atoms with Gasteiger partial charge in [-0.05, 0) is 43.4 Å². The van der Waals surface area contributed by atoms with Crippen LogP contribution < -0.4 is 10.5 Å². The first-order valence-electron chi connectivity index (χ1n) is 11.5. The molecule has 192 valence electrons. The van der Waals surface area contributed by atoms with Crippen LogP contribution in [0.5, 0.6) is 5.75 Å². The lowest BCUT2D eigenvalue weighted by molar-refractivity contribution is -0.147. The highest BCUT2D eigenvalue weighted by Crippen LogP contribution is 2.21. The van der Waals surface area contributed by atoms with E-state index in [9.17, 15) is 9.59 Å². The zero-order valence-corrected chi connectivity index (χ0v) is 21.6. The van der Waals surface area contributed by atoms with Crippen LogP contribution in [0, 0.1) is 5.92 Å². The summed E-state index contributed by atoms with van der Waals surface area (Å²) < 4.78 is 16.0. The van der Waals surface area contributed by atoms with Crippen LogP contribution in [0.25, 0.3) is 0 Å². The van der Waals surface area contributed by atoms with Gasteiger partial charge in [0.25, 0.3) is 0 Å². The van der Waals surface area contributed by atoms with Gasteiger partial charge < -0.3 is 29.7 Å². The number of likely N-dealkylation sites (tertiary alicyclic amines) is 1. The molecule has 1 fully saturated rings. The van der Waals surface area contributed by atoms with Crippen molar-refractivity contribution in [1.82, 2.24) is 9.80 Å². The normalized spacial score (nSPS) is 16.7. The smallest absolute Gasteiger partial charge is 0.245 e. The summed E-state index contributed by atoms with van der Waals surface area (Å²) in [5.74, 6) is 0.778. The number of hydrogen-bond donors (Lipinski definition) is 1. The minimum Gasteiger partial charge on any atom is -0.497 e. The maximum Gasteiger partial charge on any atom is 0.245 e. The molecule has 1 aliphatic rings. The van der Waals surface area contributed by atoms with Crippen molar-refractivity contribution in [1.29, 1.82) is 0 Å². The number of halogens is 1. The largest absolute Gasteiger partial charge is 0.497 e. The van der Waals surface area contributed by atoms with Crippen LogP contribution in [0.2, 0.25) is 0 Å². The van der Waals surface area contributed by atoms with E-state index in [0.29, 0.717) is 38.6 Å². The standard InChI is InChI=1S/C25H39N3O5.ClH/c1-6-15-33-17-20-11-13-28(14-12-20)24(29)22(16-19-7-9-21(32-5)10-8-19)27(3)25(30)23(26)18(2)31-4;/h6-10,18,20,22-23H,1,11-17,26H2,2-5H3;1H/t18-,22+,23+;/m1./s1. The molecule has 2 amide bonds. The van der Waals surface area contributed by atoms with Gasteiger partial charge in [-0.2, -0.15) is 0 Å². The van der Waals surface area contributed by atoms with E-state index in [2.05, 4.69) is 6.58 Å². The maximum absolute atomic E-state index is 13.6. The molecule has 0 aliphatic carbocycles. The minimum absolute atomic E-state index is 0. The summed E-state index contributed by atoms with van der Waals surface area (Å²) in [7, 11) is 4.77. The van der Waals surface area contributed by atoms with Crippen LogP contribution in [0.1, 0.15) is 25.3 Å². The van der Waals surface area contributed by atoms with E-state index in [1.807, 2.05) is 29.2 Å². The first-order chi connectivity index (χ1) is 15.8. The lowest BCUT2D eigenvalue weighted by Crippen LogP contribution is -2.57. The van der Waals surface area contributed by atoms with Gasteiger partial charge in [-0.1, -0.05) is 18.2 Å². The quantitative estimate of drug-likeness (QED) is 0.352. The number of hydrogen-bond acceptors (Lipinski definition) is 6. The highest BCUT2D eigenvalue weighted by atomic mass is 35.5. The second-order valence-electron chi connectivity index (χ2n) is 8.58. The van der Waals surface area contributed by atoms with Gasteiger partial charge >= 0.3 is 0 Å². The van der Waals surface area contributed by atoms with Gasteiger partial charge in [-0.25, -0.2) is 0 Å². The first kappa shape index (κ1) is 29.9. The third kappa shape index (κ3) is 8.27. The average Bonchev–Trinajstić information content (AvgIpc) is 2.86. The fraction of sp³-hybridized carbons (Fsp3) is 0.600. The van der Waals surface area contributed by atoms with Crippen molar-refractivity contribution in [3.05, 3.63) is 42.5 Å². The summed E-state index contributed by atoms with van der Waals surface area (Å²) >= 11 is 0. The minimum atomic E-state index is -0.848. The SMILES string of the molecule is C=CCOCC1CCN(C(=O)[C@H](Cc2ccc(OC)cc2)N(C)C(=O)[C@@H](N)[C@@H](C)OC)CC1.Cl. The van der Waals surface area contributed by atoms with Crippen LogP contribution >= 0.6 is 12.4 Å². The number of benzene rings is 1. The van der Waals surface area contributed by atoms with Crippen molar-refractivity contribution in [3.63, 3.8) is 0 Å². The Morgan fingerprint density at radius 2 is 1.85 bits per heavy atom. The summed E-state index contributed by atoms with van der Waals surface area (Å²) in [6.07, 6.45) is 3.42. The molecule has 34 heavy (non-hydrogen) atoms. The number of rotatable bonds is 12. The number of carbonyl (C=O) groups excluding carboxylic acids is 2. The van der Waals surface area contributed by atoms with Crippen LogP contribution in [-0.2, 0) is 25.5 Å². The van der Waals surface area contributed by atoms with Gasteiger partial charge in [-0.15, -0.1) is 19.0 Å². The Kier molecular flexibility index (Phi) is 13.2. The molecule has 1 aliphatic heterocycles. The van der Waals surface area contributed by atoms with Crippen LogP contribution in [0.4, 0.5) is 0 Å². The van der Waals surface area contributed by atoms with Crippen molar-refractivity contribution in [2.45, 2.75) is 44.4 Å². The Balaban J connectivity index is 0.00000578. The van der Waals surface area contributed by atoms with Gasteiger partial charge in [0.2, 0.25) is 11.8 Å². The fourth-order valence-electron chi connectivity index (χ4n) is 3.96. The zero-order valence-electron chi connectivity index (χ0n) is 20.8. The molecular weight excluding hydrogens is 458 g/mol. The number of likely N-dealkylation sites (N-methyl/N-ethyl adjacent to an activating group) is 1. The van der Waals surface area contributed by atoms with E-state index in [1.165, 1.54) is 12.0 Å². The zero-order chi connectivity index (χ0) is 24.4. The number of amides is 2. The summed E-state index contributed by atoms with van der Waals surface area (Å²) in [4.78, 5) is 30.0. The number of methoxy groups -OCH3 is 2. The monoisotopic (exact) mass is 497 g/mol. The molecule has 0 radical (unpaired) electrons. The van der Waals surface area contributed by atoms with Crippen molar-refractivity contribution in [2.24, 2.45) is 11.7 Å². The third-order valence-electron chi connectivity index (χ3n) is 6.37. The van der Waals surface area contributed by atoms with E-state index in [-0.39, 0.29) is 24.2 Å². The molecule has 1 heterocycles. The Labute approximate surface area is 209 Å². The third-order valence-corrected chi connectivity index (χ3v) is 6.37. The predicted molar refractivity (Wildman–Crippen MR) is 135 cm³/mol. The lowest BCUT2D eigenvalue weighted by Gasteiger charge is -2.37. The van der Waals surface area contributed by atoms with Gasteiger partial charge in [0.05, 0.1) is 19.8 Å². The van der Waals surface area contributed by atoms with Gasteiger partial charge in [-0.3, -0.25) is 9.59 Å². The fourth-order valence-corrected chi connectivity index (χ4v) is 3.96. The van der Waals surface area contributed by atoms with Gasteiger partial charge in [0.15, 0.2) is 0 Å². The van der Waals surface area contributed by atoms with E-state index in [4.69, 9.17) is 19.9 Å². The molecule has 1 aromatic rings. The Morgan fingerprint density at radius 3 is 2.38 bits per heavy atom. The van der Waals surface area contributed by atoms with Gasteiger partial charge in [0, 0.05) is 40.3 Å². The van der Waals surface area contributed by atoms with Crippen LogP contribution in [0.3, 0.4) is 0 Å². The van der Waals surface area contributed by atoms with Crippen molar-refractivity contribution < 1.29 is 23.8 Å². The summed E-state index contributed by atoms with van der Waals surface area (Å²) in [5, 5.41) is 0. The Bertz CT molecular complexity index is 768. The van der Waals surface area contributed by atoms with Crippen LogP contribution in [-0.4, -0.2) is 87.4 Å². The van der Waals surface area contributed by atoms with Crippen molar-refractivity contribution in [3.8, 4) is 5.75 Å². The van der Waals surface area contributed by atoms with E-state index >= 15 is 0 Å². The van der Waals surface area contributed by atoms with Gasteiger partial charge in [0.1, 0.15) is 17.8 Å². The van der Waals surface area contributed by atoms with E-state index in [1.54, 1.807) is 27.2 Å². The number of carbonyl (C=O) groups is 2. The second-order valence-corrected chi connectivity index (χ2v) is 8.58. The summed E-state index contributed by atoms with van der Waals surface area (Å²) in [6, 6.07) is 6.03. The average molecular weight is 498 g/mol. The molecule has 0 unspecified atom stereocenters.